The normalized spacial score (nSPS) is 31.6. The highest BCUT2D eigenvalue weighted by molar-refractivity contribution is 5.40. The molecule has 0 aromatic heterocycles. The summed E-state index contributed by atoms with van der Waals surface area (Å²) >= 11 is 0. The highest BCUT2D eigenvalue weighted by atomic mass is 16.6. The van der Waals surface area contributed by atoms with Crippen LogP contribution >= 0.6 is 0 Å². The zero-order valence-corrected chi connectivity index (χ0v) is 10.0. The molecule has 1 aromatic carbocycles. The van der Waals surface area contributed by atoms with Crippen molar-refractivity contribution in [2.45, 2.75) is 18.3 Å². The van der Waals surface area contributed by atoms with Crippen molar-refractivity contribution < 1.29 is 19.7 Å². The van der Waals surface area contributed by atoms with Crippen LogP contribution in [0.3, 0.4) is 0 Å². The lowest BCUT2D eigenvalue weighted by atomic mass is 10.2. The van der Waals surface area contributed by atoms with Gasteiger partial charge in [0.2, 0.25) is 0 Å². The van der Waals surface area contributed by atoms with Crippen LogP contribution in [0.2, 0.25) is 0 Å². The molecule has 3 rings (SSSR count). The predicted molar refractivity (Wildman–Crippen MR) is 64.8 cm³/mol. The van der Waals surface area contributed by atoms with Gasteiger partial charge < -0.3 is 19.7 Å². The Balaban J connectivity index is 1.60. The average Bonchev–Trinajstić information content (AvgIpc) is 2.68. The zero-order valence-electron chi connectivity index (χ0n) is 10.0. The predicted octanol–water partition coefficient (Wildman–Crippen LogP) is -0.136. The molecule has 3 atom stereocenters. The van der Waals surface area contributed by atoms with Crippen molar-refractivity contribution in [3.63, 3.8) is 0 Å². The van der Waals surface area contributed by atoms with Crippen molar-refractivity contribution >= 4 is 0 Å². The van der Waals surface area contributed by atoms with E-state index in [2.05, 4.69) is 0 Å². The molecule has 2 heterocycles. The molecule has 0 aliphatic carbocycles. The monoisotopic (exact) mass is 251 g/mol. The van der Waals surface area contributed by atoms with Crippen molar-refractivity contribution in [2.75, 3.05) is 26.2 Å². The quantitative estimate of drug-likeness (QED) is 0.766. The van der Waals surface area contributed by atoms with E-state index in [-0.39, 0.29) is 6.10 Å². The first kappa shape index (κ1) is 11.8. The third-order valence-corrected chi connectivity index (χ3v) is 3.36. The van der Waals surface area contributed by atoms with E-state index in [1.165, 1.54) is 0 Å². The van der Waals surface area contributed by atoms with Gasteiger partial charge in [0.15, 0.2) is 11.5 Å². The molecule has 5 nitrogen and oxygen atoms in total. The van der Waals surface area contributed by atoms with Crippen molar-refractivity contribution in [3.05, 3.63) is 24.3 Å². The van der Waals surface area contributed by atoms with Crippen LogP contribution in [0.5, 0.6) is 11.5 Å². The van der Waals surface area contributed by atoms with Gasteiger partial charge in [0.05, 0.1) is 12.2 Å². The second-order valence-electron chi connectivity index (χ2n) is 4.85. The van der Waals surface area contributed by atoms with Gasteiger partial charge in [-0.2, -0.15) is 0 Å². The summed E-state index contributed by atoms with van der Waals surface area (Å²) in [4.78, 5) is 2.00. The molecule has 1 aromatic rings. The molecular formula is C13H17NO4. The molecule has 98 valence electrons. The van der Waals surface area contributed by atoms with E-state index in [9.17, 15) is 10.2 Å². The minimum atomic E-state index is -0.651. The second kappa shape index (κ2) is 4.76. The van der Waals surface area contributed by atoms with Gasteiger partial charge in [0.1, 0.15) is 12.7 Å². The van der Waals surface area contributed by atoms with Gasteiger partial charge in [-0.15, -0.1) is 0 Å². The van der Waals surface area contributed by atoms with E-state index in [1.807, 2.05) is 29.2 Å². The first-order valence-electron chi connectivity index (χ1n) is 6.19. The molecule has 0 radical (unpaired) electrons. The minimum absolute atomic E-state index is 0.0580. The highest BCUT2D eigenvalue weighted by Gasteiger charge is 2.32. The fraction of sp³-hybridized carbons (Fsp3) is 0.538. The van der Waals surface area contributed by atoms with Gasteiger partial charge in [-0.05, 0) is 12.1 Å². The largest absolute Gasteiger partial charge is 0.486 e. The number of nitrogens with zero attached hydrogens (tertiary/aromatic N) is 1. The topological polar surface area (TPSA) is 62.2 Å². The third-order valence-electron chi connectivity index (χ3n) is 3.36. The summed E-state index contributed by atoms with van der Waals surface area (Å²) in [6, 6.07) is 7.59. The first-order chi connectivity index (χ1) is 8.72. The number of para-hydroxylation sites is 2. The summed E-state index contributed by atoms with van der Waals surface area (Å²) in [7, 11) is 0. The molecule has 18 heavy (non-hydrogen) atoms. The number of rotatable bonds is 2. The van der Waals surface area contributed by atoms with Gasteiger partial charge in [0, 0.05) is 19.6 Å². The van der Waals surface area contributed by atoms with Gasteiger partial charge in [-0.1, -0.05) is 12.1 Å². The number of likely N-dealkylation sites (tertiary alicyclic amines) is 1. The fourth-order valence-corrected chi connectivity index (χ4v) is 2.44. The Hall–Kier alpha value is -1.30. The summed E-state index contributed by atoms with van der Waals surface area (Å²) in [6.45, 7) is 2.13. The Bertz CT molecular complexity index is 415. The summed E-state index contributed by atoms with van der Waals surface area (Å²) < 4.78 is 11.5. The lowest BCUT2D eigenvalue weighted by Gasteiger charge is -2.29. The lowest BCUT2D eigenvalue weighted by Crippen LogP contribution is -2.40. The fourth-order valence-electron chi connectivity index (χ4n) is 2.44. The van der Waals surface area contributed by atoms with Gasteiger partial charge >= 0.3 is 0 Å². The molecule has 1 saturated heterocycles. The molecule has 0 saturated carbocycles. The van der Waals surface area contributed by atoms with E-state index >= 15 is 0 Å². The Kier molecular flexibility index (Phi) is 3.11. The molecule has 0 spiro atoms. The molecule has 2 aliphatic rings. The first-order valence-corrected chi connectivity index (χ1v) is 6.19. The number of aliphatic hydroxyl groups is 2. The number of benzene rings is 1. The molecule has 1 fully saturated rings. The molecule has 3 unspecified atom stereocenters. The van der Waals surface area contributed by atoms with Gasteiger partial charge in [-0.25, -0.2) is 0 Å². The van der Waals surface area contributed by atoms with Gasteiger partial charge in [0.25, 0.3) is 0 Å². The van der Waals surface area contributed by atoms with Crippen LogP contribution in [-0.2, 0) is 0 Å². The Labute approximate surface area is 106 Å². The maximum Gasteiger partial charge on any atom is 0.161 e. The number of ether oxygens (including phenoxy) is 2. The molecule has 2 aliphatic heterocycles. The maximum atomic E-state index is 9.49. The Morgan fingerprint density at radius 1 is 1.11 bits per heavy atom. The smallest absolute Gasteiger partial charge is 0.161 e. The summed E-state index contributed by atoms with van der Waals surface area (Å²) in [6.07, 6.45) is -1.36. The van der Waals surface area contributed by atoms with E-state index < -0.39 is 12.2 Å². The van der Waals surface area contributed by atoms with Crippen LogP contribution in [0.4, 0.5) is 0 Å². The Morgan fingerprint density at radius 2 is 1.78 bits per heavy atom. The molecule has 5 heteroatoms. The van der Waals surface area contributed by atoms with Crippen LogP contribution in [0, 0.1) is 0 Å². The van der Waals surface area contributed by atoms with Crippen LogP contribution in [-0.4, -0.2) is 59.7 Å². The number of β-amino-alcohol motifs (C(OH)–C–C–N with tert-alkyl or cyclic N) is 2. The molecular weight excluding hydrogens is 234 g/mol. The van der Waals surface area contributed by atoms with Crippen LogP contribution < -0.4 is 9.47 Å². The molecule has 0 bridgehead atoms. The maximum absolute atomic E-state index is 9.49. The minimum Gasteiger partial charge on any atom is -0.486 e. The van der Waals surface area contributed by atoms with Crippen LogP contribution in [0.1, 0.15) is 0 Å². The molecule has 0 amide bonds. The number of hydrogen-bond acceptors (Lipinski definition) is 5. The van der Waals surface area contributed by atoms with Crippen molar-refractivity contribution in [2.24, 2.45) is 0 Å². The molecule has 2 N–H and O–H groups in total. The second-order valence-corrected chi connectivity index (χ2v) is 4.85. The number of aliphatic hydroxyl groups excluding tert-OH is 2. The highest BCUT2D eigenvalue weighted by Crippen LogP contribution is 2.31. The summed E-state index contributed by atoms with van der Waals surface area (Å²) in [5.41, 5.74) is 0. The zero-order chi connectivity index (χ0) is 12.5. The van der Waals surface area contributed by atoms with Crippen molar-refractivity contribution in [3.8, 4) is 11.5 Å². The van der Waals surface area contributed by atoms with Crippen LogP contribution in [0.15, 0.2) is 24.3 Å². The van der Waals surface area contributed by atoms with Crippen molar-refractivity contribution in [1.29, 1.82) is 0 Å². The van der Waals surface area contributed by atoms with E-state index in [0.717, 1.165) is 11.5 Å². The summed E-state index contributed by atoms with van der Waals surface area (Å²) in [5, 5.41) is 19.0. The van der Waals surface area contributed by atoms with Crippen molar-refractivity contribution in [1.82, 2.24) is 4.90 Å². The van der Waals surface area contributed by atoms with E-state index in [0.29, 0.717) is 26.2 Å². The standard InChI is InChI=1S/C13H17NO4/c15-10-6-14(7-11(10)16)5-9-8-17-12-3-1-2-4-13(12)18-9/h1-4,9-11,15-16H,5-8H2. The summed E-state index contributed by atoms with van der Waals surface area (Å²) in [5.74, 6) is 1.53. The van der Waals surface area contributed by atoms with Crippen LogP contribution in [0.25, 0.3) is 0 Å². The SMILES string of the molecule is OC1CN(CC2COc3ccccc3O2)CC1O. The van der Waals surface area contributed by atoms with E-state index in [4.69, 9.17) is 9.47 Å². The van der Waals surface area contributed by atoms with E-state index in [1.54, 1.807) is 0 Å². The Morgan fingerprint density at radius 3 is 2.50 bits per heavy atom. The third kappa shape index (κ3) is 2.29. The number of hydrogen-bond donors (Lipinski definition) is 2. The lowest BCUT2D eigenvalue weighted by molar-refractivity contribution is 0.0572. The van der Waals surface area contributed by atoms with Gasteiger partial charge in [-0.3, -0.25) is 4.90 Å². The number of fused-ring (bicyclic) bond motifs is 1. The average molecular weight is 251 g/mol.